The zero-order chi connectivity index (χ0) is 26.4. The predicted molar refractivity (Wildman–Crippen MR) is 141 cm³/mol. The maximum Gasteiger partial charge on any atom is 0.261 e. The van der Waals surface area contributed by atoms with E-state index >= 15 is 0 Å². The lowest BCUT2D eigenvalue weighted by atomic mass is 10.2. The highest BCUT2D eigenvalue weighted by atomic mass is 35.5. The minimum atomic E-state index is -3.89. The van der Waals surface area contributed by atoms with Crippen molar-refractivity contribution < 1.29 is 27.1 Å². The van der Waals surface area contributed by atoms with Gasteiger partial charge in [-0.05, 0) is 61.5 Å². The number of nitrogens with zero attached hydrogens (tertiary/aromatic N) is 2. The number of hydrogen-bond donors (Lipinski definition) is 1. The van der Waals surface area contributed by atoms with Crippen LogP contribution in [0.25, 0.3) is 0 Å². The average molecular weight is 548 g/mol. The Kier molecular flexibility index (Phi) is 8.40. The second-order valence-corrected chi connectivity index (χ2v) is 10.4. The molecular weight excluding hydrogens is 521 g/mol. The lowest BCUT2D eigenvalue weighted by molar-refractivity contribution is -0.133. The van der Waals surface area contributed by atoms with E-state index in [4.69, 9.17) is 21.1 Å². The molecule has 0 aromatic heterocycles. The third-order valence-corrected chi connectivity index (χ3v) is 7.48. The largest absolute Gasteiger partial charge is 0.494 e. The second kappa shape index (κ2) is 11.7. The number of halogens is 2. The molecule has 4 rings (SSSR count). The molecule has 1 saturated heterocycles. The van der Waals surface area contributed by atoms with Crippen molar-refractivity contribution in [2.75, 3.05) is 49.0 Å². The van der Waals surface area contributed by atoms with Gasteiger partial charge in [-0.2, -0.15) is 0 Å². The van der Waals surface area contributed by atoms with Crippen LogP contribution in [0, 0.1) is 5.82 Å². The highest BCUT2D eigenvalue weighted by Gasteiger charge is 2.23. The molecule has 0 spiro atoms. The van der Waals surface area contributed by atoms with E-state index < -0.39 is 10.0 Å². The quantitative estimate of drug-likeness (QED) is 0.427. The third-order valence-electron chi connectivity index (χ3n) is 5.81. The van der Waals surface area contributed by atoms with Crippen LogP contribution in [0.1, 0.15) is 6.92 Å². The molecule has 1 fully saturated rings. The van der Waals surface area contributed by atoms with Gasteiger partial charge < -0.3 is 19.3 Å². The van der Waals surface area contributed by atoms with Gasteiger partial charge in [0, 0.05) is 31.9 Å². The molecule has 11 heteroatoms. The summed E-state index contributed by atoms with van der Waals surface area (Å²) in [5.74, 6) is 0.301. The van der Waals surface area contributed by atoms with E-state index in [9.17, 15) is 17.6 Å². The first kappa shape index (κ1) is 26.6. The Morgan fingerprint density at radius 1 is 1.00 bits per heavy atom. The Bertz CT molecular complexity index is 1350. The Morgan fingerprint density at radius 3 is 2.35 bits per heavy atom. The van der Waals surface area contributed by atoms with Crippen LogP contribution in [0.4, 0.5) is 15.8 Å². The summed E-state index contributed by atoms with van der Waals surface area (Å²) < 4.78 is 53.0. The normalized spacial score (nSPS) is 13.8. The standard InChI is InChI=1S/C26H27ClFN3O5S/c1-2-35-20-9-7-19(8-10-20)29-37(33,34)21-11-12-25(22(27)17-21)36-18-26(32)31-15-13-30(14-16-31)24-6-4-3-5-23(24)28/h3-12,17,29H,2,13-16,18H2,1H3. The number of anilines is 2. The topological polar surface area (TPSA) is 88.2 Å². The SMILES string of the molecule is CCOc1ccc(NS(=O)(=O)c2ccc(OCC(=O)N3CCN(c4ccccc4F)CC3)c(Cl)c2)cc1. The number of nitrogens with one attached hydrogen (secondary N) is 1. The molecule has 1 heterocycles. The number of sulfonamides is 1. The number of benzene rings is 3. The lowest BCUT2D eigenvalue weighted by Crippen LogP contribution is -2.50. The number of carbonyl (C=O) groups is 1. The molecule has 0 unspecified atom stereocenters. The first-order valence-electron chi connectivity index (χ1n) is 11.7. The van der Waals surface area contributed by atoms with Gasteiger partial charge in [0.15, 0.2) is 6.61 Å². The molecule has 1 aliphatic rings. The molecule has 0 aliphatic carbocycles. The summed E-state index contributed by atoms with van der Waals surface area (Å²) in [6.07, 6.45) is 0. The molecule has 1 aliphatic heterocycles. The maximum atomic E-state index is 14.0. The Morgan fingerprint density at radius 2 is 1.70 bits per heavy atom. The van der Waals surface area contributed by atoms with Gasteiger partial charge in [-0.1, -0.05) is 23.7 Å². The second-order valence-electron chi connectivity index (χ2n) is 8.26. The summed E-state index contributed by atoms with van der Waals surface area (Å²) >= 11 is 6.26. The number of carbonyl (C=O) groups excluding carboxylic acids is 1. The lowest BCUT2D eigenvalue weighted by Gasteiger charge is -2.36. The summed E-state index contributed by atoms with van der Waals surface area (Å²) in [4.78, 5) is 16.1. The van der Waals surface area contributed by atoms with E-state index in [-0.39, 0.29) is 34.0 Å². The average Bonchev–Trinajstić information content (AvgIpc) is 2.89. The van der Waals surface area contributed by atoms with Crippen LogP contribution in [0.3, 0.4) is 0 Å². The number of ether oxygens (including phenoxy) is 2. The van der Waals surface area contributed by atoms with Crippen molar-refractivity contribution in [2.45, 2.75) is 11.8 Å². The maximum absolute atomic E-state index is 14.0. The molecule has 3 aromatic carbocycles. The Labute approximate surface area is 220 Å². The molecule has 196 valence electrons. The van der Waals surface area contributed by atoms with Gasteiger partial charge in [0.1, 0.15) is 17.3 Å². The van der Waals surface area contributed by atoms with E-state index in [2.05, 4.69) is 4.72 Å². The van der Waals surface area contributed by atoms with Crippen LogP contribution in [-0.2, 0) is 14.8 Å². The van der Waals surface area contributed by atoms with E-state index in [1.165, 1.54) is 24.3 Å². The summed E-state index contributed by atoms with van der Waals surface area (Å²) in [6.45, 7) is 3.98. The van der Waals surface area contributed by atoms with Crippen molar-refractivity contribution in [1.29, 1.82) is 0 Å². The van der Waals surface area contributed by atoms with Gasteiger partial charge in [-0.3, -0.25) is 9.52 Å². The smallest absolute Gasteiger partial charge is 0.261 e. The highest BCUT2D eigenvalue weighted by Crippen LogP contribution is 2.29. The van der Waals surface area contributed by atoms with Gasteiger partial charge >= 0.3 is 0 Å². The fourth-order valence-electron chi connectivity index (χ4n) is 3.90. The van der Waals surface area contributed by atoms with Gasteiger partial charge in [0.25, 0.3) is 15.9 Å². The zero-order valence-corrected chi connectivity index (χ0v) is 21.8. The minimum Gasteiger partial charge on any atom is -0.494 e. The molecule has 0 saturated carbocycles. The molecule has 0 atom stereocenters. The monoisotopic (exact) mass is 547 g/mol. The van der Waals surface area contributed by atoms with Crippen LogP contribution >= 0.6 is 11.6 Å². The van der Waals surface area contributed by atoms with E-state index in [0.29, 0.717) is 49.9 Å². The highest BCUT2D eigenvalue weighted by molar-refractivity contribution is 7.92. The molecular formula is C26H27ClFN3O5S. The number of amides is 1. The van der Waals surface area contributed by atoms with Crippen LogP contribution < -0.4 is 19.1 Å². The van der Waals surface area contributed by atoms with Crippen molar-refractivity contribution in [3.05, 3.63) is 77.6 Å². The fraction of sp³-hybridized carbons (Fsp3) is 0.269. The third kappa shape index (κ3) is 6.64. The van der Waals surface area contributed by atoms with E-state index in [1.54, 1.807) is 47.4 Å². The van der Waals surface area contributed by atoms with Crippen LogP contribution in [0.15, 0.2) is 71.6 Å². The predicted octanol–water partition coefficient (Wildman–Crippen LogP) is 4.41. The van der Waals surface area contributed by atoms with Gasteiger partial charge in [-0.15, -0.1) is 0 Å². The summed E-state index contributed by atoms with van der Waals surface area (Å²) in [5.41, 5.74) is 0.894. The number of para-hydroxylation sites is 1. The zero-order valence-electron chi connectivity index (χ0n) is 20.2. The first-order valence-corrected chi connectivity index (χ1v) is 13.6. The molecule has 1 amide bonds. The molecule has 0 bridgehead atoms. The van der Waals surface area contributed by atoms with Gasteiger partial charge in [0.05, 0.1) is 22.2 Å². The summed E-state index contributed by atoms with van der Waals surface area (Å²) in [6, 6.07) is 17.1. The number of hydrogen-bond acceptors (Lipinski definition) is 6. The first-order chi connectivity index (χ1) is 17.8. The summed E-state index contributed by atoms with van der Waals surface area (Å²) in [7, 11) is -3.89. The van der Waals surface area contributed by atoms with Crippen LogP contribution in [0.5, 0.6) is 11.5 Å². The van der Waals surface area contributed by atoms with Crippen molar-refractivity contribution in [2.24, 2.45) is 0 Å². The van der Waals surface area contributed by atoms with Crippen molar-refractivity contribution in [3.63, 3.8) is 0 Å². The fourth-order valence-corrected chi connectivity index (χ4v) is 5.29. The molecule has 0 radical (unpaired) electrons. The van der Waals surface area contributed by atoms with Crippen LogP contribution in [-0.4, -0.2) is 58.6 Å². The van der Waals surface area contributed by atoms with Crippen molar-refractivity contribution in [3.8, 4) is 11.5 Å². The molecule has 8 nitrogen and oxygen atoms in total. The number of piperazine rings is 1. The Balaban J connectivity index is 1.31. The van der Waals surface area contributed by atoms with Gasteiger partial charge in [-0.25, -0.2) is 12.8 Å². The Hall–Kier alpha value is -3.50. The van der Waals surface area contributed by atoms with Crippen molar-refractivity contribution >= 4 is 38.9 Å². The molecule has 1 N–H and O–H groups in total. The van der Waals surface area contributed by atoms with E-state index in [0.717, 1.165) is 0 Å². The van der Waals surface area contributed by atoms with Crippen LogP contribution in [0.2, 0.25) is 5.02 Å². The van der Waals surface area contributed by atoms with Gasteiger partial charge in [0.2, 0.25) is 0 Å². The molecule has 3 aromatic rings. The summed E-state index contributed by atoms with van der Waals surface area (Å²) in [5, 5.41) is 0.0618. The minimum absolute atomic E-state index is 0.0469. The van der Waals surface area contributed by atoms with E-state index in [1.807, 2.05) is 11.8 Å². The van der Waals surface area contributed by atoms with Crippen molar-refractivity contribution in [1.82, 2.24) is 4.90 Å². The molecule has 37 heavy (non-hydrogen) atoms. The number of rotatable bonds is 9.